The maximum absolute atomic E-state index is 11.4. The molecule has 0 aromatic carbocycles. The number of anilines is 2. The van der Waals surface area contributed by atoms with E-state index in [1.54, 1.807) is 11.8 Å². The third kappa shape index (κ3) is 2.44. The lowest BCUT2D eigenvalue weighted by atomic mass is 10.3. The lowest BCUT2D eigenvalue weighted by Gasteiger charge is -2.22. The third-order valence-corrected chi connectivity index (χ3v) is 3.11. The lowest BCUT2D eigenvalue weighted by Crippen LogP contribution is -2.34. The number of nitrogens with two attached hydrogens (primary N) is 1. The van der Waals surface area contributed by atoms with Gasteiger partial charge in [0.15, 0.2) is 5.82 Å². The van der Waals surface area contributed by atoms with Gasteiger partial charge in [0.05, 0.1) is 6.33 Å². The van der Waals surface area contributed by atoms with Gasteiger partial charge >= 0.3 is 0 Å². The van der Waals surface area contributed by atoms with Crippen molar-refractivity contribution in [3.8, 4) is 0 Å². The molecule has 1 aliphatic rings. The van der Waals surface area contributed by atoms with Crippen molar-refractivity contribution in [1.82, 2.24) is 14.9 Å². The van der Waals surface area contributed by atoms with Crippen molar-refractivity contribution in [2.45, 2.75) is 13.3 Å². The molecule has 0 atom stereocenters. The fourth-order valence-electron chi connectivity index (χ4n) is 2.10. The monoisotopic (exact) mass is 251 g/mol. The summed E-state index contributed by atoms with van der Waals surface area (Å²) in [5.74, 6) is 0.577. The van der Waals surface area contributed by atoms with Crippen molar-refractivity contribution >= 4 is 17.4 Å². The van der Waals surface area contributed by atoms with E-state index in [1.807, 2.05) is 4.90 Å². The molecule has 1 saturated heterocycles. The molecule has 0 saturated carbocycles. The van der Waals surface area contributed by atoms with E-state index in [-0.39, 0.29) is 17.2 Å². The van der Waals surface area contributed by atoms with E-state index in [4.69, 9.17) is 5.73 Å². The molecule has 2 rings (SSSR count). The van der Waals surface area contributed by atoms with E-state index in [1.165, 1.54) is 6.33 Å². The van der Waals surface area contributed by atoms with Gasteiger partial charge in [0.25, 0.3) is 5.56 Å². The van der Waals surface area contributed by atoms with Gasteiger partial charge in [-0.15, -0.1) is 0 Å². The molecule has 7 heteroatoms. The second-order valence-corrected chi connectivity index (χ2v) is 4.32. The number of aromatic amines is 1. The van der Waals surface area contributed by atoms with Crippen LogP contribution in [0.4, 0.5) is 11.5 Å². The first kappa shape index (κ1) is 12.4. The van der Waals surface area contributed by atoms with Gasteiger partial charge in [0, 0.05) is 33.1 Å². The molecule has 0 bridgehead atoms. The van der Waals surface area contributed by atoms with Crippen LogP contribution in [0.1, 0.15) is 13.3 Å². The van der Waals surface area contributed by atoms with Gasteiger partial charge < -0.3 is 20.5 Å². The number of aromatic nitrogens is 2. The first-order chi connectivity index (χ1) is 8.59. The van der Waals surface area contributed by atoms with E-state index in [0.29, 0.717) is 18.9 Å². The molecule has 18 heavy (non-hydrogen) atoms. The normalized spacial score (nSPS) is 16.5. The maximum Gasteiger partial charge on any atom is 0.276 e. The molecule has 1 aliphatic heterocycles. The number of carbonyl (C=O) groups is 1. The second-order valence-electron chi connectivity index (χ2n) is 4.32. The van der Waals surface area contributed by atoms with Gasteiger partial charge in [0.2, 0.25) is 5.91 Å². The molecule has 0 spiro atoms. The van der Waals surface area contributed by atoms with Gasteiger partial charge in [-0.1, -0.05) is 0 Å². The summed E-state index contributed by atoms with van der Waals surface area (Å²) < 4.78 is 0. The largest absolute Gasteiger partial charge is 0.391 e. The Labute approximate surface area is 105 Å². The first-order valence-corrected chi connectivity index (χ1v) is 5.93. The van der Waals surface area contributed by atoms with Crippen LogP contribution in [0.3, 0.4) is 0 Å². The van der Waals surface area contributed by atoms with E-state index in [2.05, 4.69) is 9.97 Å². The van der Waals surface area contributed by atoms with E-state index in [9.17, 15) is 9.59 Å². The summed E-state index contributed by atoms with van der Waals surface area (Å²) in [5, 5.41) is 0. The zero-order valence-corrected chi connectivity index (χ0v) is 10.3. The molecule has 1 aromatic rings. The predicted octanol–water partition coefficient (Wildman–Crippen LogP) is -0.589. The van der Waals surface area contributed by atoms with Crippen molar-refractivity contribution < 1.29 is 4.79 Å². The summed E-state index contributed by atoms with van der Waals surface area (Å²) in [6, 6.07) is 0. The second kappa shape index (κ2) is 5.07. The summed E-state index contributed by atoms with van der Waals surface area (Å²) in [6.07, 6.45) is 2.19. The molecule has 3 N–H and O–H groups in total. The van der Waals surface area contributed by atoms with Crippen LogP contribution in [0.25, 0.3) is 0 Å². The maximum atomic E-state index is 11.4. The Kier molecular flexibility index (Phi) is 3.50. The molecule has 0 unspecified atom stereocenters. The third-order valence-electron chi connectivity index (χ3n) is 3.11. The zero-order chi connectivity index (χ0) is 13.1. The zero-order valence-electron chi connectivity index (χ0n) is 10.3. The Morgan fingerprint density at radius 3 is 2.89 bits per heavy atom. The molecule has 0 radical (unpaired) electrons. The summed E-state index contributed by atoms with van der Waals surface area (Å²) >= 11 is 0. The van der Waals surface area contributed by atoms with Gasteiger partial charge in [-0.25, -0.2) is 4.98 Å². The van der Waals surface area contributed by atoms with Crippen LogP contribution in [-0.4, -0.2) is 47.0 Å². The van der Waals surface area contributed by atoms with Crippen LogP contribution in [-0.2, 0) is 4.79 Å². The van der Waals surface area contributed by atoms with Crippen LogP contribution < -0.4 is 16.2 Å². The molecule has 0 aliphatic carbocycles. The summed E-state index contributed by atoms with van der Waals surface area (Å²) in [5.41, 5.74) is 5.54. The van der Waals surface area contributed by atoms with Crippen LogP contribution in [0, 0.1) is 0 Å². The molecular formula is C11H17N5O2. The number of amides is 1. The fourth-order valence-corrected chi connectivity index (χ4v) is 2.10. The molecule has 1 amide bonds. The first-order valence-electron chi connectivity index (χ1n) is 5.93. The number of nitrogens with zero attached hydrogens (tertiary/aromatic N) is 3. The minimum atomic E-state index is -0.326. The van der Waals surface area contributed by atoms with Crippen molar-refractivity contribution in [1.29, 1.82) is 0 Å². The highest BCUT2D eigenvalue weighted by Crippen LogP contribution is 2.17. The quantitative estimate of drug-likeness (QED) is 0.695. The van der Waals surface area contributed by atoms with Crippen molar-refractivity contribution in [3.63, 3.8) is 0 Å². The number of nitrogens with one attached hydrogen (secondary N) is 1. The highest BCUT2D eigenvalue weighted by molar-refractivity contribution is 5.73. The van der Waals surface area contributed by atoms with Gasteiger partial charge in [-0.3, -0.25) is 9.59 Å². The van der Waals surface area contributed by atoms with Crippen LogP contribution in [0.2, 0.25) is 0 Å². The standard InChI is InChI=1S/C11H17N5O2/c1-8(17)15-3-2-4-16(6-5-15)10-9(12)11(18)14-7-13-10/h7H,2-6,12H2,1H3,(H,13,14,18). The summed E-state index contributed by atoms with van der Waals surface area (Å²) in [7, 11) is 0. The molecule has 98 valence electrons. The highest BCUT2D eigenvalue weighted by Gasteiger charge is 2.19. The van der Waals surface area contributed by atoms with Gasteiger partial charge in [-0.05, 0) is 6.42 Å². The van der Waals surface area contributed by atoms with Crippen LogP contribution in [0.5, 0.6) is 0 Å². The van der Waals surface area contributed by atoms with Gasteiger partial charge in [-0.2, -0.15) is 0 Å². The number of nitrogen functional groups attached to an aromatic ring is 1. The number of H-pyrrole nitrogens is 1. The average Bonchev–Trinajstić information content (AvgIpc) is 2.58. The summed E-state index contributed by atoms with van der Waals surface area (Å²) in [6.45, 7) is 4.30. The Hall–Kier alpha value is -2.05. The molecular weight excluding hydrogens is 234 g/mol. The van der Waals surface area contributed by atoms with E-state index in [0.717, 1.165) is 19.5 Å². The average molecular weight is 251 g/mol. The fraction of sp³-hybridized carbons (Fsp3) is 0.545. The topological polar surface area (TPSA) is 95.3 Å². The molecule has 1 aromatic heterocycles. The smallest absolute Gasteiger partial charge is 0.276 e. The SMILES string of the molecule is CC(=O)N1CCCN(c2nc[nH]c(=O)c2N)CC1. The Morgan fingerprint density at radius 2 is 2.17 bits per heavy atom. The Morgan fingerprint density at radius 1 is 1.39 bits per heavy atom. The number of rotatable bonds is 1. The Bertz CT molecular complexity index is 498. The number of hydrogen-bond acceptors (Lipinski definition) is 5. The van der Waals surface area contributed by atoms with Crippen molar-refractivity contribution in [2.24, 2.45) is 0 Å². The molecule has 1 fully saturated rings. The van der Waals surface area contributed by atoms with E-state index >= 15 is 0 Å². The van der Waals surface area contributed by atoms with Crippen LogP contribution in [0.15, 0.2) is 11.1 Å². The van der Waals surface area contributed by atoms with E-state index < -0.39 is 0 Å². The Balaban J connectivity index is 2.17. The highest BCUT2D eigenvalue weighted by atomic mass is 16.2. The van der Waals surface area contributed by atoms with Crippen LogP contribution >= 0.6 is 0 Å². The lowest BCUT2D eigenvalue weighted by molar-refractivity contribution is -0.128. The molecule has 7 nitrogen and oxygen atoms in total. The summed E-state index contributed by atoms with van der Waals surface area (Å²) in [4.78, 5) is 33.1. The molecule has 2 heterocycles. The minimum absolute atomic E-state index is 0.0729. The number of carbonyl (C=O) groups excluding carboxylic acids is 1. The van der Waals surface area contributed by atoms with Gasteiger partial charge in [0.1, 0.15) is 5.69 Å². The predicted molar refractivity (Wildman–Crippen MR) is 68.4 cm³/mol. The minimum Gasteiger partial charge on any atom is -0.391 e. The van der Waals surface area contributed by atoms with Crippen molar-refractivity contribution in [2.75, 3.05) is 36.8 Å². The number of hydrogen-bond donors (Lipinski definition) is 2. The van der Waals surface area contributed by atoms with Crippen molar-refractivity contribution in [3.05, 3.63) is 16.7 Å².